The van der Waals surface area contributed by atoms with E-state index >= 15 is 0 Å². The van der Waals surface area contributed by atoms with Crippen LogP contribution < -0.4 is 19.7 Å². The van der Waals surface area contributed by atoms with Crippen molar-refractivity contribution in [3.05, 3.63) is 71.8 Å². The summed E-state index contributed by atoms with van der Waals surface area (Å²) in [5.74, 6) is 0.438. The van der Waals surface area contributed by atoms with Crippen molar-refractivity contribution in [3.63, 3.8) is 0 Å². The van der Waals surface area contributed by atoms with E-state index in [1.807, 2.05) is 0 Å². The Balaban J connectivity index is 1.22. The van der Waals surface area contributed by atoms with E-state index < -0.39 is 12.1 Å². The van der Waals surface area contributed by atoms with Crippen LogP contribution in [0.25, 0.3) is 0 Å². The van der Waals surface area contributed by atoms with Crippen LogP contribution in [0.2, 0.25) is 0 Å². The summed E-state index contributed by atoms with van der Waals surface area (Å²) in [6.07, 6.45) is 4.73. The molecule has 38 heavy (non-hydrogen) atoms. The van der Waals surface area contributed by atoms with Crippen LogP contribution in [-0.4, -0.2) is 71.9 Å². The zero-order valence-corrected chi connectivity index (χ0v) is 21.1. The van der Waals surface area contributed by atoms with Gasteiger partial charge in [-0.3, -0.25) is 9.59 Å². The molecule has 10 nitrogen and oxygen atoms in total. The minimum Gasteiger partial charge on any atom is -0.491 e. The Morgan fingerprint density at radius 3 is 2.79 bits per heavy atom. The third-order valence-corrected chi connectivity index (χ3v) is 6.84. The molecule has 2 aromatic carbocycles. The Labute approximate surface area is 218 Å². The summed E-state index contributed by atoms with van der Waals surface area (Å²) in [6.45, 7) is 0.289. The van der Waals surface area contributed by atoms with Crippen LogP contribution in [0.1, 0.15) is 24.0 Å². The second-order valence-corrected chi connectivity index (χ2v) is 9.45. The molecule has 1 N–H and O–H groups in total. The van der Waals surface area contributed by atoms with Gasteiger partial charge in [0.2, 0.25) is 5.91 Å². The molecule has 2 atom stereocenters. The molecule has 0 radical (unpaired) electrons. The molecule has 1 fully saturated rings. The quantitative estimate of drug-likeness (QED) is 0.535. The van der Waals surface area contributed by atoms with Gasteiger partial charge in [-0.1, -0.05) is 12.1 Å². The Hall–Kier alpha value is -4.41. The number of rotatable bonds is 6. The van der Waals surface area contributed by atoms with Gasteiger partial charge in [0, 0.05) is 39.2 Å². The predicted molar refractivity (Wildman–Crippen MR) is 136 cm³/mol. The Morgan fingerprint density at radius 1 is 1.18 bits per heavy atom. The van der Waals surface area contributed by atoms with E-state index in [2.05, 4.69) is 10.4 Å². The molecular weight excluding hydrogens is 493 g/mol. The van der Waals surface area contributed by atoms with Crippen LogP contribution in [0, 0.1) is 5.82 Å². The summed E-state index contributed by atoms with van der Waals surface area (Å²) in [5.41, 5.74) is 1.99. The normalized spacial score (nSPS) is 19.1. The van der Waals surface area contributed by atoms with Crippen molar-refractivity contribution in [3.8, 4) is 11.5 Å². The summed E-state index contributed by atoms with van der Waals surface area (Å²) >= 11 is 0. The van der Waals surface area contributed by atoms with Gasteiger partial charge >= 0.3 is 6.03 Å². The van der Waals surface area contributed by atoms with Crippen LogP contribution in [0.15, 0.2) is 54.9 Å². The first kappa shape index (κ1) is 25.2. The molecule has 0 bridgehead atoms. The average Bonchev–Trinajstić information content (AvgIpc) is 3.48. The summed E-state index contributed by atoms with van der Waals surface area (Å²) in [7, 11) is 3.37. The monoisotopic (exact) mass is 521 g/mol. The van der Waals surface area contributed by atoms with Gasteiger partial charge in [-0.25, -0.2) is 9.18 Å². The number of nitrogens with one attached hydrogen (secondary N) is 1. The van der Waals surface area contributed by atoms with Crippen molar-refractivity contribution in [1.82, 2.24) is 20.0 Å². The van der Waals surface area contributed by atoms with Crippen molar-refractivity contribution in [2.45, 2.75) is 31.3 Å². The van der Waals surface area contributed by atoms with Crippen molar-refractivity contribution in [1.29, 1.82) is 0 Å². The Kier molecular flexibility index (Phi) is 6.99. The van der Waals surface area contributed by atoms with Crippen molar-refractivity contribution >= 4 is 23.5 Å². The number of fused-ring (bicyclic) bond motifs is 1. The number of aromatic nitrogens is 2. The maximum atomic E-state index is 13.5. The SMILES string of the molecule is CN1C(=O)[C@@H](NC(=O)n2cc(Cc3cccc(F)c3)cn2)COc2ccc(OC[C@@H]3CCC(=O)N3C)cc21. The molecule has 1 aromatic heterocycles. The fraction of sp³-hybridized carbons (Fsp3) is 0.333. The van der Waals surface area contributed by atoms with Gasteiger partial charge in [-0.05, 0) is 41.8 Å². The molecule has 3 aromatic rings. The number of carbonyl (C=O) groups is 3. The number of carbonyl (C=O) groups excluding carboxylic acids is 3. The fourth-order valence-corrected chi connectivity index (χ4v) is 4.58. The van der Waals surface area contributed by atoms with E-state index in [0.717, 1.165) is 22.2 Å². The van der Waals surface area contributed by atoms with E-state index in [-0.39, 0.29) is 30.3 Å². The topological polar surface area (TPSA) is 106 Å². The van der Waals surface area contributed by atoms with Gasteiger partial charge < -0.3 is 24.6 Å². The van der Waals surface area contributed by atoms with Gasteiger partial charge in [0.05, 0.1) is 17.9 Å². The molecule has 0 aliphatic carbocycles. The second-order valence-electron chi connectivity index (χ2n) is 9.45. The van der Waals surface area contributed by atoms with Crippen LogP contribution in [0.5, 0.6) is 11.5 Å². The lowest BCUT2D eigenvalue weighted by atomic mass is 10.1. The standard InChI is InChI=1S/C27H28FN5O5/c1-31-20(6-9-25(31)34)15-37-21-7-8-24-23(12-21)32(2)26(35)22(16-38-24)30-27(36)33-14-18(13-29-33)10-17-4-3-5-19(28)11-17/h3-5,7-8,11-14,20,22H,6,9-10,15-16H2,1-2H3,(H,30,36)/t20-,22-/m0/s1. The molecule has 11 heteroatoms. The first-order valence-electron chi connectivity index (χ1n) is 12.3. The van der Waals surface area contributed by atoms with Crippen LogP contribution in [0.3, 0.4) is 0 Å². The number of amides is 3. The highest BCUT2D eigenvalue weighted by Gasteiger charge is 2.32. The van der Waals surface area contributed by atoms with Crippen molar-refractivity contribution in [2.24, 2.45) is 0 Å². The first-order chi connectivity index (χ1) is 18.3. The van der Waals surface area contributed by atoms with Crippen LogP contribution >= 0.6 is 0 Å². The molecular formula is C27H28FN5O5. The molecule has 5 rings (SSSR count). The van der Waals surface area contributed by atoms with E-state index in [1.54, 1.807) is 55.5 Å². The van der Waals surface area contributed by atoms with Gasteiger partial charge in [0.15, 0.2) is 0 Å². The van der Waals surface area contributed by atoms with E-state index in [9.17, 15) is 18.8 Å². The lowest BCUT2D eigenvalue weighted by Gasteiger charge is -2.22. The average molecular weight is 522 g/mol. The summed E-state index contributed by atoms with van der Waals surface area (Å²) in [6, 6.07) is 9.86. The molecule has 3 heterocycles. The van der Waals surface area contributed by atoms with Crippen LogP contribution in [0.4, 0.5) is 14.9 Å². The van der Waals surface area contributed by atoms with Gasteiger partial charge in [-0.2, -0.15) is 9.78 Å². The molecule has 0 spiro atoms. The number of hydrogen-bond donors (Lipinski definition) is 1. The number of anilines is 1. The summed E-state index contributed by atoms with van der Waals surface area (Å²) in [4.78, 5) is 40.9. The highest BCUT2D eigenvalue weighted by atomic mass is 19.1. The molecule has 1 saturated heterocycles. The number of likely N-dealkylation sites (tertiary alicyclic amines) is 1. The van der Waals surface area contributed by atoms with Gasteiger partial charge in [0.1, 0.15) is 36.6 Å². The number of hydrogen-bond acceptors (Lipinski definition) is 6. The maximum absolute atomic E-state index is 13.5. The second kappa shape index (κ2) is 10.5. The maximum Gasteiger partial charge on any atom is 0.342 e. The highest BCUT2D eigenvalue weighted by Crippen LogP contribution is 2.34. The number of halogens is 1. The Morgan fingerprint density at radius 2 is 2.03 bits per heavy atom. The van der Waals surface area contributed by atoms with E-state index in [4.69, 9.17) is 9.47 Å². The number of nitrogens with zero attached hydrogens (tertiary/aromatic N) is 4. The molecule has 0 saturated carbocycles. The van der Waals surface area contributed by atoms with E-state index in [0.29, 0.717) is 36.6 Å². The lowest BCUT2D eigenvalue weighted by Crippen LogP contribution is -2.50. The summed E-state index contributed by atoms with van der Waals surface area (Å²) in [5, 5.41) is 6.76. The zero-order chi connectivity index (χ0) is 26.8. The molecule has 198 valence electrons. The number of benzene rings is 2. The van der Waals surface area contributed by atoms with Gasteiger partial charge in [-0.15, -0.1) is 0 Å². The van der Waals surface area contributed by atoms with Crippen molar-refractivity contribution in [2.75, 3.05) is 32.2 Å². The molecule has 2 aliphatic heterocycles. The fourth-order valence-electron chi connectivity index (χ4n) is 4.58. The first-order valence-corrected chi connectivity index (χ1v) is 12.3. The van der Waals surface area contributed by atoms with Crippen LogP contribution in [-0.2, 0) is 16.0 Å². The molecule has 0 unspecified atom stereocenters. The van der Waals surface area contributed by atoms with Crippen molar-refractivity contribution < 1.29 is 28.2 Å². The predicted octanol–water partition coefficient (Wildman–Crippen LogP) is 2.59. The number of ether oxygens (including phenoxy) is 2. The third-order valence-electron chi connectivity index (χ3n) is 6.84. The lowest BCUT2D eigenvalue weighted by molar-refractivity contribution is -0.128. The van der Waals surface area contributed by atoms with E-state index in [1.165, 1.54) is 23.2 Å². The minimum atomic E-state index is -0.946. The summed E-state index contributed by atoms with van der Waals surface area (Å²) < 4.78 is 26.3. The largest absolute Gasteiger partial charge is 0.491 e. The van der Waals surface area contributed by atoms with Gasteiger partial charge in [0.25, 0.3) is 5.91 Å². The molecule has 2 aliphatic rings. The third kappa shape index (κ3) is 5.31. The highest BCUT2D eigenvalue weighted by molar-refractivity contribution is 6.00. The smallest absolute Gasteiger partial charge is 0.342 e. The molecule has 3 amide bonds. The minimum absolute atomic E-state index is 0.00758. The zero-order valence-electron chi connectivity index (χ0n) is 21.1. The Bertz CT molecular complexity index is 1380. The number of likely N-dealkylation sites (N-methyl/N-ethyl adjacent to an activating group) is 2.